The van der Waals surface area contributed by atoms with Gasteiger partial charge in [0.2, 0.25) is 0 Å². The molecule has 1 aliphatic rings. The highest BCUT2D eigenvalue weighted by molar-refractivity contribution is 14.1. The fraction of sp³-hybridized carbons (Fsp3) is 0.500. The molecule has 0 aliphatic carbocycles. The van der Waals surface area contributed by atoms with Crippen LogP contribution in [0.5, 0.6) is 0 Å². The summed E-state index contributed by atoms with van der Waals surface area (Å²) in [6.45, 7) is 1.03. The predicted molar refractivity (Wildman–Crippen MR) is 77.9 cm³/mol. The lowest BCUT2D eigenvalue weighted by molar-refractivity contribution is -0.384. The molecule has 1 N–H and O–H groups in total. The Hall–Kier alpha value is -0.890. The molecule has 0 radical (unpaired) electrons. The summed E-state index contributed by atoms with van der Waals surface area (Å²) in [6, 6.07) is 5.03. The number of nitro benzene ring substituents is 1. The Balaban J connectivity index is 2.29. The maximum absolute atomic E-state index is 10.7. The summed E-state index contributed by atoms with van der Waals surface area (Å²) in [6.07, 6.45) is 3.21. The molecule has 1 heterocycles. The number of anilines is 1. The molecular weight excluding hydrogens is 347 g/mol. The molecule has 0 spiro atoms. The van der Waals surface area contributed by atoms with Gasteiger partial charge in [0.15, 0.2) is 0 Å². The van der Waals surface area contributed by atoms with Crippen LogP contribution in [0.1, 0.15) is 19.3 Å². The predicted octanol–water partition coefficient (Wildman–Crippen LogP) is 2.55. The van der Waals surface area contributed by atoms with Gasteiger partial charge >= 0.3 is 0 Å². The third-order valence-corrected chi connectivity index (χ3v) is 4.15. The van der Waals surface area contributed by atoms with Crippen LogP contribution in [0.4, 0.5) is 11.4 Å². The highest BCUT2D eigenvalue weighted by Crippen LogP contribution is 2.31. The van der Waals surface area contributed by atoms with Crippen LogP contribution in [0.15, 0.2) is 18.2 Å². The molecule has 1 fully saturated rings. The topological polar surface area (TPSA) is 66.6 Å². The van der Waals surface area contributed by atoms with Crippen molar-refractivity contribution < 1.29 is 10.0 Å². The number of piperidine rings is 1. The second-order valence-corrected chi connectivity index (χ2v) is 5.58. The molecule has 5 nitrogen and oxygen atoms in total. The van der Waals surface area contributed by atoms with Gasteiger partial charge in [-0.05, 0) is 47.9 Å². The lowest BCUT2D eigenvalue weighted by atomic mass is 10.0. The van der Waals surface area contributed by atoms with E-state index in [1.54, 1.807) is 12.1 Å². The van der Waals surface area contributed by atoms with Crippen molar-refractivity contribution in [3.63, 3.8) is 0 Å². The van der Waals surface area contributed by atoms with Crippen LogP contribution in [-0.2, 0) is 0 Å². The molecule has 0 saturated carbocycles. The number of non-ortho nitro benzene ring substituents is 1. The van der Waals surface area contributed by atoms with Gasteiger partial charge in [0.05, 0.1) is 23.3 Å². The Morgan fingerprint density at radius 2 is 2.28 bits per heavy atom. The van der Waals surface area contributed by atoms with Gasteiger partial charge in [-0.15, -0.1) is 0 Å². The molecule has 98 valence electrons. The molecule has 6 heteroatoms. The first-order valence-corrected chi connectivity index (χ1v) is 7.03. The molecule has 1 aromatic rings. The monoisotopic (exact) mass is 362 g/mol. The smallest absolute Gasteiger partial charge is 0.270 e. The van der Waals surface area contributed by atoms with E-state index in [9.17, 15) is 15.2 Å². The number of benzene rings is 1. The summed E-state index contributed by atoms with van der Waals surface area (Å²) in [5.74, 6) is 0. The number of nitro groups is 1. The SMILES string of the molecule is O=[N+]([O-])c1ccc(N2CCCCC2CO)c(I)c1. The van der Waals surface area contributed by atoms with Crippen molar-refractivity contribution in [1.29, 1.82) is 0 Å². The lowest BCUT2D eigenvalue weighted by Crippen LogP contribution is -2.42. The Morgan fingerprint density at radius 1 is 1.50 bits per heavy atom. The Morgan fingerprint density at radius 3 is 2.89 bits per heavy atom. The van der Waals surface area contributed by atoms with Crippen LogP contribution >= 0.6 is 22.6 Å². The Bertz CT molecular complexity index is 453. The van der Waals surface area contributed by atoms with Gasteiger partial charge in [-0.25, -0.2) is 0 Å². The standard InChI is InChI=1S/C12H15IN2O3/c13-11-7-9(15(17)18)4-5-12(11)14-6-2-1-3-10(14)8-16/h4-5,7,10,16H,1-3,6,8H2. The van der Waals surface area contributed by atoms with Crippen LogP contribution in [0.2, 0.25) is 0 Å². The van der Waals surface area contributed by atoms with Crippen LogP contribution in [0.25, 0.3) is 0 Å². The van der Waals surface area contributed by atoms with E-state index in [0.29, 0.717) is 0 Å². The third-order valence-electron chi connectivity index (χ3n) is 3.29. The Labute approximate surface area is 119 Å². The minimum absolute atomic E-state index is 0.112. The number of nitrogens with zero attached hydrogens (tertiary/aromatic N) is 2. The Kier molecular flexibility index (Phi) is 4.39. The number of hydrogen-bond acceptors (Lipinski definition) is 4. The van der Waals surface area contributed by atoms with E-state index < -0.39 is 0 Å². The van der Waals surface area contributed by atoms with Crippen LogP contribution in [-0.4, -0.2) is 29.2 Å². The molecule has 1 aromatic carbocycles. The largest absolute Gasteiger partial charge is 0.394 e. The van der Waals surface area contributed by atoms with E-state index in [4.69, 9.17) is 0 Å². The number of aliphatic hydroxyl groups is 1. The molecule has 0 amide bonds. The average molecular weight is 362 g/mol. The van der Waals surface area contributed by atoms with Crippen LogP contribution < -0.4 is 4.90 Å². The normalized spacial score (nSPS) is 19.9. The first kappa shape index (κ1) is 13.5. The van der Waals surface area contributed by atoms with E-state index in [0.717, 1.165) is 35.1 Å². The maximum Gasteiger partial charge on any atom is 0.270 e. The van der Waals surface area contributed by atoms with Gasteiger partial charge in [0.1, 0.15) is 0 Å². The summed E-state index contributed by atoms with van der Waals surface area (Å²) < 4.78 is 0.863. The lowest BCUT2D eigenvalue weighted by Gasteiger charge is -2.37. The summed E-state index contributed by atoms with van der Waals surface area (Å²) in [5, 5.41) is 20.1. The zero-order valence-electron chi connectivity index (χ0n) is 9.88. The first-order chi connectivity index (χ1) is 8.63. The van der Waals surface area contributed by atoms with Gasteiger partial charge in [-0.1, -0.05) is 0 Å². The van der Waals surface area contributed by atoms with Crippen molar-refractivity contribution in [2.45, 2.75) is 25.3 Å². The average Bonchev–Trinajstić information content (AvgIpc) is 2.38. The second kappa shape index (κ2) is 5.83. The quantitative estimate of drug-likeness (QED) is 0.510. The summed E-state index contributed by atoms with van der Waals surface area (Å²) >= 11 is 2.12. The molecule has 0 bridgehead atoms. The van der Waals surface area contributed by atoms with Crippen molar-refractivity contribution in [1.82, 2.24) is 0 Å². The van der Waals surface area contributed by atoms with Gasteiger partial charge in [0.25, 0.3) is 5.69 Å². The fourth-order valence-electron chi connectivity index (χ4n) is 2.35. The minimum atomic E-state index is -0.383. The molecular formula is C12H15IN2O3. The maximum atomic E-state index is 10.7. The van der Waals surface area contributed by atoms with Crippen molar-refractivity contribution in [3.8, 4) is 0 Å². The molecule has 1 aliphatic heterocycles. The van der Waals surface area contributed by atoms with E-state index in [2.05, 4.69) is 27.5 Å². The van der Waals surface area contributed by atoms with Crippen LogP contribution in [0.3, 0.4) is 0 Å². The summed E-state index contributed by atoms with van der Waals surface area (Å²) in [7, 11) is 0. The van der Waals surface area contributed by atoms with E-state index >= 15 is 0 Å². The number of aliphatic hydroxyl groups excluding tert-OH is 1. The zero-order chi connectivity index (χ0) is 13.1. The summed E-state index contributed by atoms with van der Waals surface area (Å²) in [5.41, 5.74) is 1.10. The van der Waals surface area contributed by atoms with Gasteiger partial charge < -0.3 is 10.0 Å². The zero-order valence-corrected chi connectivity index (χ0v) is 12.0. The van der Waals surface area contributed by atoms with Crippen molar-refractivity contribution in [2.75, 3.05) is 18.1 Å². The molecule has 1 saturated heterocycles. The van der Waals surface area contributed by atoms with Crippen molar-refractivity contribution in [2.24, 2.45) is 0 Å². The number of hydrogen-bond donors (Lipinski definition) is 1. The van der Waals surface area contributed by atoms with Crippen LogP contribution in [0, 0.1) is 13.7 Å². The molecule has 0 aromatic heterocycles. The second-order valence-electron chi connectivity index (χ2n) is 4.42. The van der Waals surface area contributed by atoms with Gasteiger partial charge in [-0.2, -0.15) is 0 Å². The highest BCUT2D eigenvalue weighted by Gasteiger charge is 2.24. The highest BCUT2D eigenvalue weighted by atomic mass is 127. The van der Waals surface area contributed by atoms with Gasteiger partial charge in [-0.3, -0.25) is 10.1 Å². The third kappa shape index (κ3) is 2.74. The molecule has 18 heavy (non-hydrogen) atoms. The van der Waals surface area contributed by atoms with Crippen molar-refractivity contribution >= 4 is 34.0 Å². The van der Waals surface area contributed by atoms with E-state index in [1.807, 2.05) is 0 Å². The van der Waals surface area contributed by atoms with Gasteiger partial charge in [0, 0.05) is 22.2 Å². The number of halogens is 1. The van der Waals surface area contributed by atoms with E-state index in [-0.39, 0.29) is 23.3 Å². The van der Waals surface area contributed by atoms with E-state index in [1.165, 1.54) is 6.07 Å². The number of rotatable bonds is 3. The fourth-order valence-corrected chi connectivity index (χ4v) is 3.16. The molecule has 1 unspecified atom stereocenters. The van der Waals surface area contributed by atoms with Crippen molar-refractivity contribution in [3.05, 3.63) is 31.9 Å². The molecule has 1 atom stereocenters. The minimum Gasteiger partial charge on any atom is -0.394 e. The first-order valence-electron chi connectivity index (χ1n) is 5.95. The summed E-state index contributed by atoms with van der Waals surface area (Å²) in [4.78, 5) is 12.5. The molecule has 2 rings (SSSR count).